The molecule has 0 saturated heterocycles. The fourth-order valence-electron chi connectivity index (χ4n) is 2.76. The van der Waals surface area contributed by atoms with E-state index in [1.54, 1.807) is 0 Å². The summed E-state index contributed by atoms with van der Waals surface area (Å²) in [5.74, 6) is -0.261. The fourth-order valence-corrected chi connectivity index (χ4v) is 2.76. The number of hydrogen-bond donors (Lipinski definition) is 1. The molecule has 1 heterocycles. The number of carboxylic acids is 1. The second-order valence-electron chi connectivity index (χ2n) is 5.76. The first-order valence-corrected chi connectivity index (χ1v) is 8.04. The zero-order chi connectivity index (χ0) is 17.8. The van der Waals surface area contributed by atoms with Gasteiger partial charge in [-0.3, -0.25) is 4.79 Å². The van der Waals surface area contributed by atoms with E-state index < -0.39 is 11.6 Å². The van der Waals surface area contributed by atoms with Crippen molar-refractivity contribution in [3.63, 3.8) is 0 Å². The molecule has 0 aliphatic heterocycles. The van der Waals surface area contributed by atoms with E-state index in [4.69, 9.17) is 14.3 Å². The summed E-state index contributed by atoms with van der Waals surface area (Å²) in [6.07, 6.45) is 0.473. The van der Waals surface area contributed by atoms with E-state index in [-0.39, 0.29) is 6.42 Å². The Morgan fingerprint density at radius 2 is 1.92 bits per heavy atom. The smallest absolute Gasteiger partial charge is 0.336 e. The van der Waals surface area contributed by atoms with Crippen molar-refractivity contribution in [2.75, 3.05) is 6.61 Å². The number of ether oxygens (including phenoxy) is 1. The van der Waals surface area contributed by atoms with Crippen molar-refractivity contribution in [1.82, 2.24) is 0 Å². The van der Waals surface area contributed by atoms with Crippen LogP contribution in [-0.2, 0) is 4.79 Å². The molecule has 0 radical (unpaired) electrons. The van der Waals surface area contributed by atoms with Crippen molar-refractivity contribution < 1.29 is 19.1 Å². The van der Waals surface area contributed by atoms with Crippen molar-refractivity contribution >= 4 is 16.9 Å². The molecule has 0 aliphatic rings. The van der Waals surface area contributed by atoms with Crippen LogP contribution < -0.4 is 10.4 Å². The Hall–Kier alpha value is -3.08. The number of benzene rings is 2. The van der Waals surface area contributed by atoms with Crippen molar-refractivity contribution in [1.29, 1.82) is 0 Å². The zero-order valence-corrected chi connectivity index (χ0v) is 13.8. The van der Waals surface area contributed by atoms with Gasteiger partial charge in [-0.15, -0.1) is 0 Å². The van der Waals surface area contributed by atoms with Gasteiger partial charge in [0.15, 0.2) is 0 Å². The molecule has 0 fully saturated rings. The lowest BCUT2D eigenvalue weighted by atomic mass is 10.0. The van der Waals surface area contributed by atoms with Crippen molar-refractivity contribution in [3.05, 3.63) is 64.5 Å². The van der Waals surface area contributed by atoms with Gasteiger partial charge in [-0.1, -0.05) is 30.3 Å². The molecule has 1 aromatic heterocycles. The maximum Gasteiger partial charge on any atom is 0.336 e. The first-order valence-electron chi connectivity index (χ1n) is 8.04. The van der Waals surface area contributed by atoms with Gasteiger partial charge < -0.3 is 14.3 Å². The lowest BCUT2D eigenvalue weighted by molar-refractivity contribution is -0.137. The van der Waals surface area contributed by atoms with E-state index in [1.807, 2.05) is 49.4 Å². The van der Waals surface area contributed by atoms with Gasteiger partial charge in [0, 0.05) is 23.4 Å². The predicted molar refractivity (Wildman–Crippen MR) is 95.0 cm³/mol. The average Bonchev–Trinajstić information content (AvgIpc) is 2.61. The fraction of sp³-hybridized carbons (Fsp3) is 0.200. The molecular weight excluding hydrogens is 320 g/mol. The van der Waals surface area contributed by atoms with Gasteiger partial charge in [0.25, 0.3) is 0 Å². The number of carbonyl (C=O) groups is 1. The third-order valence-electron chi connectivity index (χ3n) is 3.99. The van der Waals surface area contributed by atoms with Crippen molar-refractivity contribution in [2.45, 2.75) is 19.8 Å². The minimum absolute atomic E-state index is 0.0554. The quantitative estimate of drug-likeness (QED) is 0.543. The highest BCUT2D eigenvalue weighted by Gasteiger charge is 2.13. The standard InChI is InChI=1S/C20H18O5/c1-13-17(24-11-5-8-18(21)22)10-9-15-16(12-19(23)25-20(13)15)14-6-3-2-4-7-14/h2-4,6-7,9-10,12H,5,8,11H2,1H3,(H,21,22). The Morgan fingerprint density at radius 1 is 1.16 bits per heavy atom. The van der Waals surface area contributed by atoms with Crippen LogP contribution in [0.2, 0.25) is 0 Å². The first-order chi connectivity index (χ1) is 12.1. The normalized spacial score (nSPS) is 10.8. The van der Waals surface area contributed by atoms with Crippen molar-refractivity contribution in [3.8, 4) is 16.9 Å². The summed E-state index contributed by atoms with van der Waals surface area (Å²) in [4.78, 5) is 22.6. The Kier molecular flexibility index (Phi) is 4.84. The minimum Gasteiger partial charge on any atom is -0.493 e. The highest BCUT2D eigenvalue weighted by Crippen LogP contribution is 2.33. The zero-order valence-electron chi connectivity index (χ0n) is 13.8. The van der Waals surface area contributed by atoms with E-state index in [0.29, 0.717) is 24.4 Å². The molecule has 0 spiro atoms. The summed E-state index contributed by atoms with van der Waals surface area (Å²) in [5.41, 5.74) is 2.55. The minimum atomic E-state index is -0.850. The molecule has 0 aliphatic carbocycles. The van der Waals surface area contributed by atoms with Crippen LogP contribution in [0.4, 0.5) is 0 Å². The molecule has 5 heteroatoms. The molecule has 128 valence electrons. The third-order valence-corrected chi connectivity index (χ3v) is 3.99. The number of fused-ring (bicyclic) bond motifs is 1. The van der Waals surface area contributed by atoms with Crippen LogP contribution in [0.15, 0.2) is 57.7 Å². The molecule has 0 bridgehead atoms. The molecule has 0 unspecified atom stereocenters. The summed E-state index contributed by atoms with van der Waals surface area (Å²) in [6.45, 7) is 2.12. The molecule has 5 nitrogen and oxygen atoms in total. The van der Waals surface area contributed by atoms with Crippen LogP contribution >= 0.6 is 0 Å². The summed E-state index contributed by atoms with van der Waals surface area (Å²) in [7, 11) is 0. The second-order valence-corrected chi connectivity index (χ2v) is 5.76. The largest absolute Gasteiger partial charge is 0.493 e. The van der Waals surface area contributed by atoms with Gasteiger partial charge in [0.2, 0.25) is 0 Å². The lowest BCUT2D eigenvalue weighted by Gasteiger charge is -2.12. The molecule has 0 atom stereocenters. The molecule has 3 rings (SSSR count). The average molecular weight is 338 g/mol. The van der Waals surface area contributed by atoms with Crippen LogP contribution in [0.1, 0.15) is 18.4 Å². The van der Waals surface area contributed by atoms with E-state index >= 15 is 0 Å². The SMILES string of the molecule is Cc1c(OCCCC(=O)O)ccc2c(-c3ccccc3)cc(=O)oc12. The van der Waals surface area contributed by atoms with Gasteiger partial charge in [-0.25, -0.2) is 4.79 Å². The molecule has 25 heavy (non-hydrogen) atoms. The predicted octanol–water partition coefficient (Wildman–Crippen LogP) is 4.01. The van der Waals surface area contributed by atoms with Crippen LogP contribution in [0.25, 0.3) is 22.1 Å². The summed E-state index contributed by atoms with van der Waals surface area (Å²) < 4.78 is 11.1. The Bertz CT molecular complexity index is 957. The molecular formula is C20H18O5. The van der Waals surface area contributed by atoms with Crippen molar-refractivity contribution in [2.24, 2.45) is 0 Å². The van der Waals surface area contributed by atoms with Crippen LogP contribution in [0.5, 0.6) is 5.75 Å². The van der Waals surface area contributed by atoms with E-state index in [0.717, 1.165) is 22.1 Å². The molecule has 3 aromatic rings. The maximum absolute atomic E-state index is 12.0. The highest BCUT2D eigenvalue weighted by molar-refractivity contribution is 5.95. The van der Waals surface area contributed by atoms with Gasteiger partial charge >= 0.3 is 11.6 Å². The lowest BCUT2D eigenvalue weighted by Crippen LogP contribution is -2.04. The topological polar surface area (TPSA) is 76.7 Å². The Morgan fingerprint density at radius 3 is 2.64 bits per heavy atom. The molecule has 0 saturated carbocycles. The van der Waals surface area contributed by atoms with Gasteiger partial charge in [0.05, 0.1) is 6.61 Å². The third kappa shape index (κ3) is 3.71. The summed E-state index contributed by atoms with van der Waals surface area (Å²) in [5, 5.41) is 9.51. The summed E-state index contributed by atoms with van der Waals surface area (Å²) >= 11 is 0. The number of carboxylic acid groups (broad SMARTS) is 1. The Labute approximate surface area is 144 Å². The van der Waals surface area contributed by atoms with E-state index in [1.165, 1.54) is 6.07 Å². The van der Waals surface area contributed by atoms with Crippen LogP contribution in [0, 0.1) is 6.92 Å². The van der Waals surface area contributed by atoms with Crippen LogP contribution in [-0.4, -0.2) is 17.7 Å². The molecule has 0 amide bonds. The van der Waals surface area contributed by atoms with Gasteiger partial charge in [0.1, 0.15) is 11.3 Å². The number of aryl methyl sites for hydroxylation is 1. The monoisotopic (exact) mass is 338 g/mol. The maximum atomic E-state index is 12.0. The van der Waals surface area contributed by atoms with E-state index in [2.05, 4.69) is 0 Å². The Balaban J connectivity index is 1.99. The van der Waals surface area contributed by atoms with Gasteiger partial charge in [-0.2, -0.15) is 0 Å². The van der Waals surface area contributed by atoms with Crippen LogP contribution in [0.3, 0.4) is 0 Å². The first kappa shape index (κ1) is 16.8. The van der Waals surface area contributed by atoms with E-state index in [9.17, 15) is 9.59 Å². The number of rotatable bonds is 6. The number of hydrogen-bond acceptors (Lipinski definition) is 4. The number of aliphatic carboxylic acids is 1. The summed E-state index contributed by atoms with van der Waals surface area (Å²) in [6, 6.07) is 14.8. The van der Waals surface area contributed by atoms with Gasteiger partial charge in [-0.05, 0) is 36.6 Å². The molecule has 1 N–H and O–H groups in total. The second kappa shape index (κ2) is 7.21. The molecule has 2 aromatic carbocycles. The highest BCUT2D eigenvalue weighted by atomic mass is 16.5.